The van der Waals surface area contributed by atoms with Crippen LogP contribution in [0, 0.1) is 11.6 Å². The SMILES string of the molecule is CC(CS(C)=O)NC(=O)c1cc(S(N)(=O)=O)c(F)cc1F. The van der Waals surface area contributed by atoms with Crippen molar-refractivity contribution < 1.29 is 26.2 Å². The fourth-order valence-corrected chi connectivity index (χ4v) is 3.02. The maximum absolute atomic E-state index is 13.6. The van der Waals surface area contributed by atoms with E-state index >= 15 is 0 Å². The summed E-state index contributed by atoms with van der Waals surface area (Å²) in [5.74, 6) is -3.41. The van der Waals surface area contributed by atoms with Gasteiger partial charge in [0.25, 0.3) is 5.91 Å². The fraction of sp³-hybridized carbons (Fsp3) is 0.364. The zero-order valence-electron chi connectivity index (χ0n) is 11.2. The Bertz CT molecular complexity index is 692. The highest BCUT2D eigenvalue weighted by molar-refractivity contribution is 7.89. The molecule has 0 saturated carbocycles. The second-order valence-corrected chi connectivity index (χ2v) is 7.43. The maximum Gasteiger partial charge on any atom is 0.254 e. The molecule has 0 spiro atoms. The Morgan fingerprint density at radius 3 is 2.43 bits per heavy atom. The number of hydrogen-bond donors (Lipinski definition) is 2. The van der Waals surface area contributed by atoms with Gasteiger partial charge < -0.3 is 5.32 Å². The van der Waals surface area contributed by atoms with Crippen molar-refractivity contribution in [3.05, 3.63) is 29.3 Å². The summed E-state index contributed by atoms with van der Waals surface area (Å²) in [7, 11) is -5.60. The molecule has 0 aliphatic rings. The summed E-state index contributed by atoms with van der Waals surface area (Å²) in [6, 6.07) is 0.271. The van der Waals surface area contributed by atoms with Crippen LogP contribution in [-0.4, -0.2) is 36.6 Å². The Kier molecular flexibility index (Phi) is 5.54. The second kappa shape index (κ2) is 6.58. The molecule has 0 aromatic heterocycles. The highest BCUT2D eigenvalue weighted by atomic mass is 32.2. The van der Waals surface area contributed by atoms with Crippen LogP contribution in [0.1, 0.15) is 17.3 Å². The van der Waals surface area contributed by atoms with E-state index in [0.717, 1.165) is 0 Å². The van der Waals surface area contributed by atoms with Crippen molar-refractivity contribution in [3.8, 4) is 0 Å². The number of amides is 1. The molecular formula is C11H14F2N2O4S2. The third-order valence-electron chi connectivity index (χ3n) is 2.43. The smallest absolute Gasteiger partial charge is 0.254 e. The molecule has 1 rings (SSSR count). The zero-order chi connectivity index (χ0) is 16.4. The standard InChI is InChI=1S/C11H14F2N2O4S2/c1-6(5-20(2)17)15-11(16)7-3-10(21(14,18)19)9(13)4-8(7)12/h3-4,6H,5H2,1-2H3,(H,15,16)(H2,14,18,19). The lowest BCUT2D eigenvalue weighted by Gasteiger charge is -2.13. The molecule has 0 radical (unpaired) electrons. The number of carbonyl (C=O) groups is 1. The second-order valence-electron chi connectivity index (χ2n) is 4.42. The van der Waals surface area contributed by atoms with Gasteiger partial charge in [-0.15, -0.1) is 0 Å². The van der Waals surface area contributed by atoms with Crippen LogP contribution in [0.2, 0.25) is 0 Å². The molecule has 118 valence electrons. The molecule has 1 aromatic rings. The van der Waals surface area contributed by atoms with Crippen molar-refractivity contribution >= 4 is 26.7 Å². The fourth-order valence-electron chi connectivity index (χ4n) is 1.62. The third kappa shape index (κ3) is 4.83. The van der Waals surface area contributed by atoms with E-state index < -0.39 is 54.9 Å². The van der Waals surface area contributed by atoms with Crippen LogP contribution in [0.15, 0.2) is 17.0 Å². The Hall–Kier alpha value is -1.39. The Balaban J connectivity index is 3.13. The van der Waals surface area contributed by atoms with Gasteiger partial charge in [0.15, 0.2) is 0 Å². The normalized spacial score (nSPS) is 14.5. The first-order valence-corrected chi connectivity index (χ1v) is 8.92. The maximum atomic E-state index is 13.6. The van der Waals surface area contributed by atoms with Gasteiger partial charge in [-0.2, -0.15) is 0 Å². The van der Waals surface area contributed by atoms with Crippen LogP contribution in [0.3, 0.4) is 0 Å². The lowest BCUT2D eigenvalue weighted by Crippen LogP contribution is -2.36. The summed E-state index contributed by atoms with van der Waals surface area (Å²) in [6.45, 7) is 1.54. The van der Waals surface area contributed by atoms with E-state index in [2.05, 4.69) is 5.32 Å². The third-order valence-corrected chi connectivity index (χ3v) is 4.33. The topological polar surface area (TPSA) is 106 Å². The molecule has 0 heterocycles. The summed E-state index contributed by atoms with van der Waals surface area (Å²) >= 11 is 0. The largest absolute Gasteiger partial charge is 0.349 e. The lowest BCUT2D eigenvalue weighted by molar-refractivity contribution is 0.0939. The van der Waals surface area contributed by atoms with Gasteiger partial charge >= 0.3 is 0 Å². The summed E-state index contributed by atoms with van der Waals surface area (Å²) in [5, 5.41) is 7.12. The van der Waals surface area contributed by atoms with E-state index in [1.807, 2.05) is 0 Å². The summed E-state index contributed by atoms with van der Waals surface area (Å²) in [6.07, 6.45) is 1.43. The number of carbonyl (C=O) groups excluding carboxylic acids is 1. The molecule has 2 atom stereocenters. The predicted molar refractivity (Wildman–Crippen MR) is 73.6 cm³/mol. The molecule has 0 saturated heterocycles. The van der Waals surface area contributed by atoms with Gasteiger partial charge in [0.05, 0.1) is 5.56 Å². The molecule has 2 unspecified atom stereocenters. The van der Waals surface area contributed by atoms with Crippen molar-refractivity contribution in [1.29, 1.82) is 0 Å². The quantitative estimate of drug-likeness (QED) is 0.793. The predicted octanol–water partition coefficient (Wildman–Crippen LogP) is 0.109. The van der Waals surface area contributed by atoms with Crippen LogP contribution in [-0.2, 0) is 20.8 Å². The summed E-state index contributed by atoms with van der Waals surface area (Å²) < 4.78 is 60.3. The van der Waals surface area contributed by atoms with Crippen molar-refractivity contribution in [2.75, 3.05) is 12.0 Å². The van der Waals surface area contributed by atoms with E-state index in [0.29, 0.717) is 6.07 Å². The average molecular weight is 340 g/mol. The highest BCUT2D eigenvalue weighted by Crippen LogP contribution is 2.18. The minimum absolute atomic E-state index is 0.136. The van der Waals surface area contributed by atoms with Gasteiger partial charge in [0.2, 0.25) is 10.0 Å². The van der Waals surface area contributed by atoms with Gasteiger partial charge in [0.1, 0.15) is 16.5 Å². The van der Waals surface area contributed by atoms with E-state index in [-0.39, 0.29) is 11.8 Å². The first-order chi connectivity index (χ1) is 9.52. The van der Waals surface area contributed by atoms with Gasteiger partial charge in [-0.05, 0) is 13.0 Å². The number of nitrogens with two attached hydrogens (primary N) is 1. The average Bonchev–Trinajstić information content (AvgIpc) is 2.24. The molecule has 1 amide bonds. The van der Waals surface area contributed by atoms with Gasteiger partial charge in [-0.3, -0.25) is 9.00 Å². The van der Waals surface area contributed by atoms with Crippen LogP contribution in [0.5, 0.6) is 0 Å². The van der Waals surface area contributed by atoms with E-state index in [4.69, 9.17) is 5.14 Å². The van der Waals surface area contributed by atoms with Crippen molar-refractivity contribution in [2.24, 2.45) is 5.14 Å². The number of primary sulfonamides is 1. The summed E-state index contributed by atoms with van der Waals surface area (Å²) in [4.78, 5) is 10.9. The molecule has 0 aliphatic heterocycles. The Morgan fingerprint density at radius 2 is 1.95 bits per heavy atom. The van der Waals surface area contributed by atoms with E-state index in [1.165, 1.54) is 6.26 Å². The molecule has 1 aromatic carbocycles. The van der Waals surface area contributed by atoms with Gasteiger partial charge in [-0.25, -0.2) is 22.3 Å². The molecule has 3 N–H and O–H groups in total. The summed E-state index contributed by atoms with van der Waals surface area (Å²) in [5.41, 5.74) is -0.658. The molecule has 0 bridgehead atoms. The highest BCUT2D eigenvalue weighted by Gasteiger charge is 2.22. The van der Waals surface area contributed by atoms with Crippen molar-refractivity contribution in [2.45, 2.75) is 17.9 Å². The molecule has 0 aliphatic carbocycles. The van der Waals surface area contributed by atoms with Crippen LogP contribution in [0.25, 0.3) is 0 Å². The molecule has 6 nitrogen and oxygen atoms in total. The number of rotatable bonds is 5. The van der Waals surface area contributed by atoms with Crippen LogP contribution in [0.4, 0.5) is 8.78 Å². The van der Waals surface area contributed by atoms with Gasteiger partial charge in [-0.1, -0.05) is 0 Å². The van der Waals surface area contributed by atoms with E-state index in [9.17, 15) is 26.2 Å². The molecule has 21 heavy (non-hydrogen) atoms. The molecular weight excluding hydrogens is 326 g/mol. The first-order valence-electron chi connectivity index (χ1n) is 5.65. The van der Waals surface area contributed by atoms with Crippen LogP contribution < -0.4 is 10.5 Å². The minimum atomic E-state index is -4.42. The zero-order valence-corrected chi connectivity index (χ0v) is 12.9. The Labute approximate surface area is 123 Å². The van der Waals surface area contributed by atoms with Crippen LogP contribution >= 0.6 is 0 Å². The molecule has 0 fully saturated rings. The molecule has 10 heteroatoms. The van der Waals surface area contributed by atoms with Crippen molar-refractivity contribution in [1.82, 2.24) is 5.32 Å². The number of halogens is 2. The van der Waals surface area contributed by atoms with Crippen molar-refractivity contribution in [3.63, 3.8) is 0 Å². The van der Waals surface area contributed by atoms with E-state index in [1.54, 1.807) is 6.92 Å². The first kappa shape index (κ1) is 17.7. The van der Waals surface area contributed by atoms with Gasteiger partial charge in [0, 0.05) is 34.9 Å². The number of nitrogens with one attached hydrogen (secondary N) is 1. The monoisotopic (exact) mass is 340 g/mol. The number of sulfonamides is 1. The number of benzene rings is 1. The number of hydrogen-bond acceptors (Lipinski definition) is 4. The lowest BCUT2D eigenvalue weighted by atomic mass is 10.2. The Morgan fingerprint density at radius 1 is 1.38 bits per heavy atom. The minimum Gasteiger partial charge on any atom is -0.349 e.